The summed E-state index contributed by atoms with van der Waals surface area (Å²) in [4.78, 5) is 0. The zero-order valence-electron chi connectivity index (χ0n) is 11.3. The number of rotatable bonds is 6. The second kappa shape index (κ2) is 7.53. The van der Waals surface area contributed by atoms with Gasteiger partial charge in [0.05, 0.1) is 6.61 Å². The van der Waals surface area contributed by atoms with E-state index in [1.165, 1.54) is 5.56 Å². The van der Waals surface area contributed by atoms with Crippen LogP contribution in [0, 0.1) is 0 Å². The van der Waals surface area contributed by atoms with Gasteiger partial charge in [0.15, 0.2) is 0 Å². The summed E-state index contributed by atoms with van der Waals surface area (Å²) in [7, 11) is 1.71. The second-order valence-electron chi connectivity index (χ2n) is 4.53. The lowest BCUT2D eigenvalue weighted by molar-refractivity contribution is 0.202. The molecule has 0 saturated heterocycles. The number of benzene rings is 2. The van der Waals surface area contributed by atoms with Crippen molar-refractivity contribution in [1.82, 2.24) is 0 Å². The maximum Gasteiger partial charge on any atom is 0.0503 e. The van der Waals surface area contributed by atoms with Gasteiger partial charge >= 0.3 is 0 Å². The van der Waals surface area contributed by atoms with Crippen molar-refractivity contribution in [2.75, 3.05) is 19.0 Å². The van der Waals surface area contributed by atoms with Crippen molar-refractivity contribution in [1.29, 1.82) is 0 Å². The van der Waals surface area contributed by atoms with Crippen LogP contribution in [0.2, 0.25) is 10.0 Å². The first kappa shape index (κ1) is 15.2. The SMILES string of the molecule is COCCc1ccccc1NCc1cc(Cl)cc(Cl)c1. The van der Waals surface area contributed by atoms with E-state index < -0.39 is 0 Å². The topological polar surface area (TPSA) is 21.3 Å². The van der Waals surface area contributed by atoms with Gasteiger partial charge in [0, 0.05) is 29.4 Å². The zero-order valence-corrected chi connectivity index (χ0v) is 12.8. The second-order valence-corrected chi connectivity index (χ2v) is 5.40. The van der Waals surface area contributed by atoms with Crippen molar-refractivity contribution in [3.05, 3.63) is 63.6 Å². The molecule has 1 N–H and O–H groups in total. The van der Waals surface area contributed by atoms with Crippen LogP contribution >= 0.6 is 23.2 Å². The number of para-hydroxylation sites is 1. The number of hydrogen-bond donors (Lipinski definition) is 1. The maximum atomic E-state index is 6.00. The minimum atomic E-state index is 0.655. The number of anilines is 1. The lowest BCUT2D eigenvalue weighted by Gasteiger charge is -2.12. The summed E-state index contributed by atoms with van der Waals surface area (Å²) >= 11 is 12.0. The number of nitrogens with one attached hydrogen (secondary N) is 1. The third-order valence-corrected chi connectivity index (χ3v) is 3.43. The summed E-state index contributed by atoms with van der Waals surface area (Å²) in [5, 5.41) is 4.73. The van der Waals surface area contributed by atoms with Crippen LogP contribution in [0.25, 0.3) is 0 Å². The van der Waals surface area contributed by atoms with Crippen LogP contribution < -0.4 is 5.32 Å². The molecule has 2 rings (SSSR count). The minimum Gasteiger partial charge on any atom is -0.384 e. The number of hydrogen-bond acceptors (Lipinski definition) is 2. The van der Waals surface area contributed by atoms with Crippen LogP contribution in [0.1, 0.15) is 11.1 Å². The smallest absolute Gasteiger partial charge is 0.0503 e. The number of methoxy groups -OCH3 is 1. The van der Waals surface area contributed by atoms with E-state index in [9.17, 15) is 0 Å². The third kappa shape index (κ3) is 4.41. The van der Waals surface area contributed by atoms with Crippen molar-refractivity contribution in [3.63, 3.8) is 0 Å². The van der Waals surface area contributed by atoms with Gasteiger partial charge in [-0.3, -0.25) is 0 Å². The highest BCUT2D eigenvalue weighted by Gasteiger charge is 2.03. The monoisotopic (exact) mass is 309 g/mol. The Morgan fingerprint density at radius 1 is 1.05 bits per heavy atom. The van der Waals surface area contributed by atoms with E-state index in [-0.39, 0.29) is 0 Å². The van der Waals surface area contributed by atoms with E-state index in [1.54, 1.807) is 13.2 Å². The Morgan fingerprint density at radius 3 is 2.45 bits per heavy atom. The summed E-state index contributed by atoms with van der Waals surface area (Å²) in [5.41, 5.74) is 3.41. The Morgan fingerprint density at radius 2 is 1.75 bits per heavy atom. The van der Waals surface area contributed by atoms with E-state index in [4.69, 9.17) is 27.9 Å². The minimum absolute atomic E-state index is 0.655. The molecule has 0 fully saturated rings. The highest BCUT2D eigenvalue weighted by Crippen LogP contribution is 2.21. The fourth-order valence-electron chi connectivity index (χ4n) is 2.03. The van der Waals surface area contributed by atoms with E-state index in [2.05, 4.69) is 17.4 Å². The van der Waals surface area contributed by atoms with Crippen LogP contribution in [0.15, 0.2) is 42.5 Å². The van der Waals surface area contributed by atoms with Gasteiger partial charge < -0.3 is 10.1 Å². The lowest BCUT2D eigenvalue weighted by Crippen LogP contribution is -2.04. The third-order valence-electron chi connectivity index (χ3n) is 3.00. The lowest BCUT2D eigenvalue weighted by atomic mass is 10.1. The molecule has 0 heterocycles. The Bertz CT molecular complexity index is 552. The molecule has 0 radical (unpaired) electrons. The van der Waals surface area contributed by atoms with Gasteiger partial charge in [0.25, 0.3) is 0 Å². The standard InChI is InChI=1S/C16H17Cl2NO/c1-20-7-6-13-4-2-3-5-16(13)19-11-12-8-14(17)10-15(18)9-12/h2-5,8-10,19H,6-7,11H2,1H3. The van der Waals surface area contributed by atoms with Crippen LogP contribution in [-0.2, 0) is 17.7 Å². The molecule has 20 heavy (non-hydrogen) atoms. The summed E-state index contributed by atoms with van der Waals surface area (Å²) < 4.78 is 5.13. The van der Waals surface area contributed by atoms with Crippen molar-refractivity contribution in [3.8, 4) is 0 Å². The summed E-state index contributed by atoms with van der Waals surface area (Å²) in [5.74, 6) is 0. The Hall–Kier alpha value is -1.22. The summed E-state index contributed by atoms with van der Waals surface area (Å²) in [6.45, 7) is 1.39. The van der Waals surface area contributed by atoms with Gasteiger partial charge in [-0.25, -0.2) is 0 Å². The molecule has 2 aromatic rings. The molecule has 4 heteroatoms. The van der Waals surface area contributed by atoms with Gasteiger partial charge in [0.2, 0.25) is 0 Å². The van der Waals surface area contributed by atoms with E-state index >= 15 is 0 Å². The molecule has 0 amide bonds. The van der Waals surface area contributed by atoms with Gasteiger partial charge in [-0.2, -0.15) is 0 Å². The van der Waals surface area contributed by atoms with Crippen molar-refractivity contribution < 1.29 is 4.74 Å². The van der Waals surface area contributed by atoms with Gasteiger partial charge in [-0.15, -0.1) is 0 Å². The molecular formula is C16H17Cl2NO. The first-order valence-corrected chi connectivity index (χ1v) is 7.20. The quantitative estimate of drug-likeness (QED) is 0.828. The molecule has 0 bridgehead atoms. The predicted molar refractivity (Wildman–Crippen MR) is 85.8 cm³/mol. The average molecular weight is 310 g/mol. The fraction of sp³-hybridized carbons (Fsp3) is 0.250. The van der Waals surface area contributed by atoms with Crippen molar-refractivity contribution in [2.45, 2.75) is 13.0 Å². The van der Waals surface area contributed by atoms with Crippen LogP contribution in [0.4, 0.5) is 5.69 Å². The Labute approximate surface area is 129 Å². The highest BCUT2D eigenvalue weighted by molar-refractivity contribution is 6.34. The van der Waals surface area contributed by atoms with Crippen LogP contribution in [-0.4, -0.2) is 13.7 Å². The molecule has 0 aromatic heterocycles. The zero-order chi connectivity index (χ0) is 14.4. The molecule has 0 aliphatic carbocycles. The highest BCUT2D eigenvalue weighted by atomic mass is 35.5. The van der Waals surface area contributed by atoms with Gasteiger partial charge in [0.1, 0.15) is 0 Å². The Balaban J connectivity index is 2.06. The molecule has 2 aromatic carbocycles. The molecule has 0 saturated carbocycles. The van der Waals surface area contributed by atoms with Crippen LogP contribution in [0.3, 0.4) is 0 Å². The predicted octanol–water partition coefficient (Wildman–Crippen LogP) is 4.79. The maximum absolute atomic E-state index is 6.00. The molecule has 0 aliphatic heterocycles. The average Bonchev–Trinajstić information content (AvgIpc) is 2.43. The number of ether oxygens (including phenoxy) is 1. The molecule has 0 aliphatic rings. The number of halogens is 2. The molecule has 0 atom stereocenters. The van der Waals surface area contributed by atoms with E-state index in [0.717, 1.165) is 17.7 Å². The molecule has 0 spiro atoms. The van der Waals surface area contributed by atoms with E-state index in [0.29, 0.717) is 23.2 Å². The summed E-state index contributed by atoms with van der Waals surface area (Å²) in [6, 6.07) is 13.8. The van der Waals surface area contributed by atoms with E-state index in [1.807, 2.05) is 24.3 Å². The molecule has 106 valence electrons. The molecule has 0 unspecified atom stereocenters. The van der Waals surface area contributed by atoms with Crippen molar-refractivity contribution >= 4 is 28.9 Å². The van der Waals surface area contributed by atoms with Crippen molar-refractivity contribution in [2.24, 2.45) is 0 Å². The van der Waals surface area contributed by atoms with Gasteiger partial charge in [-0.1, -0.05) is 41.4 Å². The Kier molecular flexibility index (Phi) is 5.72. The molecular weight excluding hydrogens is 293 g/mol. The van der Waals surface area contributed by atoms with Crippen LogP contribution in [0.5, 0.6) is 0 Å². The first-order chi connectivity index (χ1) is 9.69. The first-order valence-electron chi connectivity index (χ1n) is 6.44. The largest absolute Gasteiger partial charge is 0.384 e. The normalized spacial score (nSPS) is 10.6. The van der Waals surface area contributed by atoms with Gasteiger partial charge in [-0.05, 0) is 41.8 Å². The summed E-state index contributed by atoms with van der Waals surface area (Å²) in [6.07, 6.45) is 0.885. The fourth-order valence-corrected chi connectivity index (χ4v) is 2.60. The molecule has 2 nitrogen and oxygen atoms in total.